The third kappa shape index (κ3) is 4.19. The summed E-state index contributed by atoms with van der Waals surface area (Å²) in [5.41, 5.74) is 2.74. The molecule has 1 saturated heterocycles. The molecule has 23 heavy (non-hydrogen) atoms. The molecule has 0 aromatic carbocycles. The number of aromatic nitrogens is 1. The molecule has 0 spiro atoms. The highest BCUT2D eigenvalue weighted by atomic mass is 16.5. The van der Waals surface area contributed by atoms with Crippen LogP contribution < -0.4 is 15.4 Å². The number of piperazine rings is 1. The maximum Gasteiger partial charge on any atom is 0.237 e. The smallest absolute Gasteiger partial charge is 0.237 e. The van der Waals surface area contributed by atoms with Crippen molar-refractivity contribution in [3.63, 3.8) is 0 Å². The number of nitrogens with zero attached hydrogens (tertiary/aromatic N) is 2. The average molecular weight is 320 g/mol. The molecule has 1 atom stereocenters. The van der Waals surface area contributed by atoms with Crippen molar-refractivity contribution in [1.82, 2.24) is 20.5 Å². The molecule has 2 N–H and O–H groups in total. The molecule has 1 aliphatic heterocycles. The Hall–Kier alpha value is -2.15. The van der Waals surface area contributed by atoms with E-state index in [0.29, 0.717) is 19.0 Å². The van der Waals surface area contributed by atoms with Gasteiger partial charge in [0.05, 0.1) is 19.6 Å². The molecular weight excluding hydrogens is 296 g/mol. The van der Waals surface area contributed by atoms with E-state index in [4.69, 9.17) is 4.74 Å². The molecule has 0 aliphatic carbocycles. The summed E-state index contributed by atoms with van der Waals surface area (Å²) in [4.78, 5) is 30.2. The summed E-state index contributed by atoms with van der Waals surface area (Å²) in [5.74, 6) is 0.260. The van der Waals surface area contributed by atoms with Crippen molar-refractivity contribution in [2.75, 3.05) is 27.2 Å². The largest absolute Gasteiger partial charge is 0.481 e. The number of aryl methyl sites for hydroxylation is 2. The minimum atomic E-state index is -0.414. The fourth-order valence-corrected chi connectivity index (χ4v) is 2.73. The number of rotatable bonds is 5. The van der Waals surface area contributed by atoms with Crippen molar-refractivity contribution in [2.24, 2.45) is 0 Å². The van der Waals surface area contributed by atoms with Crippen LogP contribution in [0.4, 0.5) is 0 Å². The Labute approximate surface area is 136 Å². The number of carbonyl (C=O) groups excluding carboxylic acids is 2. The maximum absolute atomic E-state index is 12.2. The van der Waals surface area contributed by atoms with Crippen molar-refractivity contribution in [3.8, 4) is 5.88 Å². The van der Waals surface area contributed by atoms with Crippen LogP contribution in [0.5, 0.6) is 5.88 Å². The van der Waals surface area contributed by atoms with Crippen LogP contribution in [-0.4, -0.2) is 55.0 Å². The number of pyridine rings is 1. The predicted octanol–water partition coefficient (Wildman–Crippen LogP) is 0.144. The Morgan fingerprint density at radius 1 is 1.52 bits per heavy atom. The summed E-state index contributed by atoms with van der Waals surface area (Å²) in [5, 5.41) is 5.64. The van der Waals surface area contributed by atoms with Gasteiger partial charge >= 0.3 is 0 Å². The van der Waals surface area contributed by atoms with Crippen LogP contribution in [0.15, 0.2) is 6.07 Å². The second kappa shape index (κ2) is 7.41. The quantitative estimate of drug-likeness (QED) is 0.806. The van der Waals surface area contributed by atoms with Crippen molar-refractivity contribution in [2.45, 2.75) is 32.9 Å². The van der Waals surface area contributed by atoms with E-state index in [1.165, 1.54) is 0 Å². The van der Waals surface area contributed by atoms with Crippen LogP contribution in [0.2, 0.25) is 0 Å². The molecule has 0 unspecified atom stereocenters. The lowest BCUT2D eigenvalue weighted by Crippen LogP contribution is -2.54. The first-order valence-corrected chi connectivity index (χ1v) is 7.68. The summed E-state index contributed by atoms with van der Waals surface area (Å²) in [6.07, 6.45) is 0.142. The molecule has 126 valence electrons. The van der Waals surface area contributed by atoms with Gasteiger partial charge in [-0.15, -0.1) is 0 Å². The molecule has 2 rings (SSSR count). The number of nitrogens with one attached hydrogen (secondary N) is 2. The average Bonchev–Trinajstić information content (AvgIpc) is 2.49. The zero-order valence-corrected chi connectivity index (χ0v) is 14.1. The Morgan fingerprint density at radius 2 is 2.26 bits per heavy atom. The number of likely N-dealkylation sites (N-methyl/N-ethyl adjacent to an activating group) is 1. The molecule has 2 amide bonds. The van der Waals surface area contributed by atoms with Crippen molar-refractivity contribution in [3.05, 3.63) is 22.9 Å². The first-order chi connectivity index (χ1) is 10.9. The zero-order chi connectivity index (χ0) is 17.0. The van der Waals surface area contributed by atoms with E-state index in [9.17, 15) is 9.59 Å². The van der Waals surface area contributed by atoms with Gasteiger partial charge in [-0.2, -0.15) is 0 Å². The number of methoxy groups -OCH3 is 1. The summed E-state index contributed by atoms with van der Waals surface area (Å²) >= 11 is 0. The van der Waals surface area contributed by atoms with Gasteiger partial charge in [0.25, 0.3) is 0 Å². The number of hydrogen-bond acceptors (Lipinski definition) is 5. The number of carbonyl (C=O) groups is 2. The van der Waals surface area contributed by atoms with E-state index in [1.807, 2.05) is 31.9 Å². The molecule has 1 aliphatic rings. The van der Waals surface area contributed by atoms with Gasteiger partial charge in [-0.1, -0.05) is 0 Å². The van der Waals surface area contributed by atoms with E-state index in [2.05, 4.69) is 15.6 Å². The van der Waals surface area contributed by atoms with Crippen LogP contribution in [0.1, 0.15) is 23.2 Å². The number of hydrogen-bond donors (Lipinski definition) is 2. The maximum atomic E-state index is 12.2. The van der Waals surface area contributed by atoms with Crippen LogP contribution >= 0.6 is 0 Å². The lowest BCUT2D eigenvalue weighted by atomic mass is 10.1. The van der Waals surface area contributed by atoms with Crippen molar-refractivity contribution >= 4 is 11.8 Å². The molecule has 1 aromatic heterocycles. The molecule has 2 heterocycles. The summed E-state index contributed by atoms with van der Waals surface area (Å²) < 4.78 is 5.29. The first kappa shape index (κ1) is 17.2. The third-order valence-corrected chi connectivity index (χ3v) is 4.07. The van der Waals surface area contributed by atoms with Gasteiger partial charge in [0.1, 0.15) is 0 Å². The fourth-order valence-electron chi connectivity index (χ4n) is 2.73. The molecule has 0 radical (unpaired) electrons. The molecular formula is C16H24N4O3. The molecule has 7 nitrogen and oxygen atoms in total. The van der Waals surface area contributed by atoms with Gasteiger partial charge in [0.15, 0.2) is 0 Å². The Kier molecular flexibility index (Phi) is 5.54. The number of ether oxygens (including phenoxy) is 1. The third-order valence-electron chi connectivity index (χ3n) is 4.07. The highest BCUT2D eigenvalue weighted by Gasteiger charge is 2.29. The van der Waals surface area contributed by atoms with Gasteiger partial charge in [-0.25, -0.2) is 4.98 Å². The highest BCUT2D eigenvalue weighted by molar-refractivity contribution is 5.88. The molecule has 7 heteroatoms. The van der Waals surface area contributed by atoms with Gasteiger partial charge in [0, 0.05) is 30.9 Å². The standard InChI is InChI=1S/C16H24N4O3/c1-10-7-11(2)19-16(23-4)12(10)9-18-14(21)8-13-15(22)17-5-6-20(13)3/h7,13H,5-6,8-9H2,1-4H3,(H,17,22)(H,18,21)/t13-/m0/s1. The molecule has 0 bridgehead atoms. The molecule has 1 fully saturated rings. The van der Waals surface area contributed by atoms with Crippen LogP contribution in [-0.2, 0) is 16.1 Å². The van der Waals surface area contributed by atoms with Crippen molar-refractivity contribution < 1.29 is 14.3 Å². The van der Waals surface area contributed by atoms with E-state index in [1.54, 1.807) is 7.11 Å². The van der Waals surface area contributed by atoms with Crippen molar-refractivity contribution in [1.29, 1.82) is 0 Å². The minimum absolute atomic E-state index is 0.0975. The van der Waals surface area contributed by atoms with E-state index < -0.39 is 6.04 Å². The molecule has 1 aromatic rings. The highest BCUT2D eigenvalue weighted by Crippen LogP contribution is 2.20. The molecule has 0 saturated carbocycles. The normalized spacial score (nSPS) is 18.4. The predicted molar refractivity (Wildman–Crippen MR) is 86.2 cm³/mol. The first-order valence-electron chi connectivity index (χ1n) is 7.68. The lowest BCUT2D eigenvalue weighted by Gasteiger charge is -2.31. The second-order valence-corrected chi connectivity index (χ2v) is 5.84. The zero-order valence-electron chi connectivity index (χ0n) is 14.1. The van der Waals surface area contributed by atoms with E-state index in [0.717, 1.165) is 23.4 Å². The van der Waals surface area contributed by atoms with Gasteiger partial charge in [-0.3, -0.25) is 14.5 Å². The Bertz CT molecular complexity index is 603. The van der Waals surface area contributed by atoms with E-state index in [-0.39, 0.29) is 18.2 Å². The summed E-state index contributed by atoms with van der Waals surface area (Å²) in [6.45, 7) is 5.56. The van der Waals surface area contributed by atoms with Crippen LogP contribution in [0, 0.1) is 13.8 Å². The van der Waals surface area contributed by atoms with Gasteiger partial charge in [-0.05, 0) is 32.5 Å². The van der Waals surface area contributed by atoms with Gasteiger partial charge < -0.3 is 15.4 Å². The minimum Gasteiger partial charge on any atom is -0.481 e. The van der Waals surface area contributed by atoms with Crippen LogP contribution in [0.3, 0.4) is 0 Å². The van der Waals surface area contributed by atoms with E-state index >= 15 is 0 Å². The Morgan fingerprint density at radius 3 is 2.91 bits per heavy atom. The second-order valence-electron chi connectivity index (χ2n) is 5.84. The SMILES string of the molecule is COc1nc(C)cc(C)c1CNC(=O)C[C@H]1C(=O)NCCN1C. The fraction of sp³-hybridized carbons (Fsp3) is 0.562. The summed E-state index contributed by atoms with van der Waals surface area (Å²) in [6, 6.07) is 1.54. The van der Waals surface area contributed by atoms with Gasteiger partial charge in [0.2, 0.25) is 17.7 Å². The Balaban J connectivity index is 1.98. The summed E-state index contributed by atoms with van der Waals surface area (Å²) in [7, 11) is 3.42. The van der Waals surface area contributed by atoms with Crippen LogP contribution in [0.25, 0.3) is 0 Å². The topological polar surface area (TPSA) is 83.6 Å². The monoisotopic (exact) mass is 320 g/mol. The number of amides is 2. The lowest BCUT2D eigenvalue weighted by molar-refractivity contribution is -0.133.